The number of Topliss-reactive ketones (excluding diaryl/α,β-unsaturated/α-hetero) is 1. The Morgan fingerprint density at radius 3 is 2.72 bits per heavy atom. The highest BCUT2D eigenvalue weighted by Gasteiger charge is 2.36. The van der Waals surface area contributed by atoms with E-state index in [-0.39, 0.29) is 17.5 Å². The van der Waals surface area contributed by atoms with E-state index in [0.29, 0.717) is 28.3 Å². The van der Waals surface area contributed by atoms with Crippen molar-refractivity contribution in [3.8, 4) is 11.5 Å². The molecule has 29 heavy (non-hydrogen) atoms. The molecule has 2 aliphatic rings. The molecular weight excluding hydrogens is 399 g/mol. The summed E-state index contributed by atoms with van der Waals surface area (Å²) in [5.41, 5.74) is 1.33. The number of nitrogens with one attached hydrogen (secondary N) is 2. The summed E-state index contributed by atoms with van der Waals surface area (Å²) in [7, 11) is 1.12. The third-order valence-electron chi connectivity index (χ3n) is 4.53. The molecule has 0 unspecified atom stereocenters. The smallest absolute Gasteiger partial charge is 0.379 e. The number of benzene rings is 2. The first-order chi connectivity index (χ1) is 14.0. The van der Waals surface area contributed by atoms with Crippen molar-refractivity contribution < 1.29 is 28.2 Å². The predicted molar refractivity (Wildman–Crippen MR) is 105 cm³/mol. The maximum absolute atomic E-state index is 13.8. The van der Waals surface area contributed by atoms with Crippen molar-refractivity contribution in [2.24, 2.45) is 0 Å². The van der Waals surface area contributed by atoms with Gasteiger partial charge in [-0.15, -0.1) is 0 Å². The fourth-order valence-corrected chi connectivity index (χ4v) is 3.45. The highest BCUT2D eigenvalue weighted by molar-refractivity contribution is 7.80. The van der Waals surface area contributed by atoms with Crippen LogP contribution in [0.15, 0.2) is 48.0 Å². The lowest BCUT2D eigenvalue weighted by molar-refractivity contribution is -0.150. The largest absolute Gasteiger partial charge is 0.463 e. The van der Waals surface area contributed by atoms with E-state index in [1.54, 1.807) is 24.3 Å². The quantitative estimate of drug-likeness (QED) is 0.448. The minimum atomic E-state index is -1.05. The first-order valence-electron chi connectivity index (χ1n) is 8.57. The standard InChI is InChI=1S/C20H15FN2O5S/c1-26-19(25)18(24)15-16(10-3-2-4-12(21)7-10)22-20(29)23-17(15)11-5-6-13-14(8-11)28-9-27-13/h2-8,16H,9H2,1H3,(H2,22,23,29)/t16-/m0/s1. The van der Waals surface area contributed by atoms with Crippen molar-refractivity contribution in [2.45, 2.75) is 6.04 Å². The highest BCUT2D eigenvalue weighted by Crippen LogP contribution is 2.37. The van der Waals surface area contributed by atoms with Crippen LogP contribution in [0.4, 0.5) is 4.39 Å². The van der Waals surface area contributed by atoms with Gasteiger partial charge in [0.25, 0.3) is 5.78 Å². The van der Waals surface area contributed by atoms with Gasteiger partial charge in [0.15, 0.2) is 16.6 Å². The van der Waals surface area contributed by atoms with Gasteiger partial charge in [-0.25, -0.2) is 9.18 Å². The highest BCUT2D eigenvalue weighted by atomic mass is 32.1. The molecule has 2 aromatic rings. The minimum Gasteiger partial charge on any atom is -0.463 e. The summed E-state index contributed by atoms with van der Waals surface area (Å²) >= 11 is 5.29. The van der Waals surface area contributed by atoms with Gasteiger partial charge in [-0.2, -0.15) is 0 Å². The first kappa shape index (κ1) is 18.9. The number of fused-ring (bicyclic) bond motifs is 1. The van der Waals surface area contributed by atoms with E-state index >= 15 is 0 Å². The second kappa shape index (κ2) is 7.51. The van der Waals surface area contributed by atoms with E-state index in [1.165, 1.54) is 18.2 Å². The lowest BCUT2D eigenvalue weighted by Gasteiger charge is -2.31. The van der Waals surface area contributed by atoms with Crippen LogP contribution in [-0.2, 0) is 14.3 Å². The second-order valence-corrected chi connectivity index (χ2v) is 6.67. The number of carbonyl (C=O) groups excluding carboxylic acids is 2. The minimum absolute atomic E-state index is 0.0508. The Kier molecular flexibility index (Phi) is 4.89. The molecule has 1 atom stereocenters. The van der Waals surface area contributed by atoms with Crippen LogP contribution in [0.25, 0.3) is 5.70 Å². The molecule has 0 saturated heterocycles. The summed E-state index contributed by atoms with van der Waals surface area (Å²) in [5.74, 6) is -1.35. The SMILES string of the molecule is COC(=O)C(=O)C1=C(c2ccc3c(c2)OCO3)NC(=S)N[C@H]1c1cccc(F)c1. The number of methoxy groups -OCH3 is 1. The third kappa shape index (κ3) is 3.52. The van der Waals surface area contributed by atoms with Gasteiger partial charge in [0.05, 0.1) is 24.4 Å². The van der Waals surface area contributed by atoms with Crippen LogP contribution in [0.2, 0.25) is 0 Å². The Morgan fingerprint density at radius 1 is 1.17 bits per heavy atom. The summed E-state index contributed by atoms with van der Waals surface area (Å²) in [6.45, 7) is 0.0884. The van der Waals surface area contributed by atoms with Crippen LogP contribution in [0.5, 0.6) is 11.5 Å². The van der Waals surface area contributed by atoms with Gasteiger partial charge in [-0.3, -0.25) is 4.79 Å². The zero-order valence-corrected chi connectivity index (χ0v) is 16.0. The number of halogens is 1. The normalized spacial score (nSPS) is 17.4. The molecule has 0 aliphatic carbocycles. The molecule has 0 fully saturated rings. The fraction of sp³-hybridized carbons (Fsp3) is 0.150. The van der Waals surface area contributed by atoms with E-state index in [0.717, 1.165) is 7.11 Å². The number of thiocarbonyl (C=S) groups is 1. The second-order valence-electron chi connectivity index (χ2n) is 6.26. The molecule has 2 aromatic carbocycles. The zero-order valence-electron chi connectivity index (χ0n) is 15.2. The fourth-order valence-electron chi connectivity index (χ4n) is 3.23. The van der Waals surface area contributed by atoms with Crippen molar-refractivity contribution in [1.82, 2.24) is 10.6 Å². The van der Waals surface area contributed by atoms with Gasteiger partial charge in [0, 0.05) is 5.56 Å². The number of carbonyl (C=O) groups is 2. The van der Waals surface area contributed by atoms with E-state index in [2.05, 4.69) is 15.4 Å². The van der Waals surface area contributed by atoms with Crippen LogP contribution >= 0.6 is 12.2 Å². The maximum Gasteiger partial charge on any atom is 0.379 e. The van der Waals surface area contributed by atoms with Gasteiger partial charge < -0.3 is 24.8 Å². The molecule has 7 nitrogen and oxygen atoms in total. The van der Waals surface area contributed by atoms with Crippen LogP contribution in [-0.4, -0.2) is 30.8 Å². The van der Waals surface area contributed by atoms with Gasteiger partial charge in [0.1, 0.15) is 5.82 Å². The van der Waals surface area contributed by atoms with Gasteiger partial charge in [-0.05, 0) is 48.1 Å². The average Bonchev–Trinajstić information content (AvgIpc) is 3.20. The monoisotopic (exact) mass is 414 g/mol. The number of esters is 1. The van der Waals surface area contributed by atoms with Crippen molar-refractivity contribution in [1.29, 1.82) is 0 Å². The molecule has 9 heteroatoms. The summed E-state index contributed by atoms with van der Waals surface area (Å²) in [6.07, 6.45) is 0. The maximum atomic E-state index is 13.8. The number of hydrogen-bond donors (Lipinski definition) is 2. The van der Waals surface area contributed by atoms with Crippen molar-refractivity contribution in [2.75, 3.05) is 13.9 Å². The molecule has 4 rings (SSSR count). The van der Waals surface area contributed by atoms with E-state index in [1.807, 2.05) is 0 Å². The number of rotatable bonds is 4. The molecule has 0 radical (unpaired) electrons. The molecule has 0 amide bonds. The number of hydrogen-bond acceptors (Lipinski definition) is 6. The summed E-state index contributed by atoms with van der Waals surface area (Å²) in [6, 6.07) is 9.92. The summed E-state index contributed by atoms with van der Waals surface area (Å²) in [5, 5.41) is 6.08. The Bertz CT molecular complexity index is 1070. The zero-order chi connectivity index (χ0) is 20.5. The Balaban J connectivity index is 1.91. The van der Waals surface area contributed by atoms with Gasteiger partial charge in [0.2, 0.25) is 6.79 Å². The van der Waals surface area contributed by atoms with Crippen molar-refractivity contribution in [3.63, 3.8) is 0 Å². The molecular formula is C20H15FN2O5S. The van der Waals surface area contributed by atoms with E-state index in [9.17, 15) is 14.0 Å². The van der Waals surface area contributed by atoms with Crippen molar-refractivity contribution >= 4 is 34.8 Å². The third-order valence-corrected chi connectivity index (χ3v) is 4.75. The molecule has 148 valence electrons. The lowest BCUT2D eigenvalue weighted by Crippen LogP contribution is -2.46. The first-order valence-corrected chi connectivity index (χ1v) is 8.98. The topological polar surface area (TPSA) is 85.9 Å². The molecule has 2 N–H and O–H groups in total. The Labute approximate surface area is 170 Å². The number of ketones is 1. The lowest BCUT2D eigenvalue weighted by atomic mass is 9.90. The average molecular weight is 414 g/mol. The van der Waals surface area contributed by atoms with Crippen LogP contribution in [0.1, 0.15) is 17.2 Å². The van der Waals surface area contributed by atoms with Crippen LogP contribution < -0.4 is 20.1 Å². The summed E-state index contributed by atoms with van der Waals surface area (Å²) in [4.78, 5) is 25.0. The van der Waals surface area contributed by atoms with Crippen LogP contribution in [0.3, 0.4) is 0 Å². The molecule has 0 saturated carbocycles. The van der Waals surface area contributed by atoms with Gasteiger partial charge in [-0.1, -0.05) is 12.1 Å². The van der Waals surface area contributed by atoms with Crippen molar-refractivity contribution in [3.05, 3.63) is 65.0 Å². The van der Waals surface area contributed by atoms with E-state index < -0.39 is 23.6 Å². The predicted octanol–water partition coefficient (Wildman–Crippen LogP) is 2.23. The molecule has 0 aromatic heterocycles. The van der Waals surface area contributed by atoms with Crippen LogP contribution in [0, 0.1) is 5.82 Å². The molecule has 2 heterocycles. The number of ether oxygens (including phenoxy) is 3. The van der Waals surface area contributed by atoms with E-state index in [4.69, 9.17) is 21.7 Å². The Morgan fingerprint density at radius 2 is 1.97 bits per heavy atom. The molecule has 0 bridgehead atoms. The Hall–Kier alpha value is -3.46. The van der Waals surface area contributed by atoms with Gasteiger partial charge >= 0.3 is 5.97 Å². The molecule has 0 spiro atoms. The summed E-state index contributed by atoms with van der Waals surface area (Å²) < 4.78 is 29.2. The molecule has 2 aliphatic heterocycles.